The number of rotatable bonds is 9. The molecule has 0 radical (unpaired) electrons. The van der Waals surface area contributed by atoms with E-state index in [1.54, 1.807) is 0 Å². The molecule has 11 nitrogen and oxygen atoms in total. The molecule has 0 aliphatic heterocycles. The Labute approximate surface area is 219 Å². The van der Waals surface area contributed by atoms with E-state index in [0.29, 0.717) is 0 Å². The van der Waals surface area contributed by atoms with E-state index in [2.05, 4.69) is 20.8 Å². The Morgan fingerprint density at radius 1 is 1.14 bits per heavy atom. The molecule has 1 aromatic heterocycles. The molecular formula is C20H15ClF3N5O6S2. The molecule has 0 bridgehead atoms. The maximum Gasteiger partial charge on any atom is 0.416 e. The number of nitro benzene ring substituents is 1. The van der Waals surface area contributed by atoms with Crippen LogP contribution < -0.4 is 20.1 Å². The van der Waals surface area contributed by atoms with Crippen molar-refractivity contribution in [2.24, 2.45) is 0 Å². The number of amides is 2. The lowest BCUT2D eigenvalue weighted by atomic mass is 10.1. The van der Waals surface area contributed by atoms with Crippen LogP contribution in [-0.4, -0.2) is 46.9 Å². The van der Waals surface area contributed by atoms with Crippen LogP contribution in [0.25, 0.3) is 0 Å². The van der Waals surface area contributed by atoms with Crippen molar-refractivity contribution in [3.63, 3.8) is 0 Å². The summed E-state index contributed by atoms with van der Waals surface area (Å²) in [5, 5.41) is 23.6. The normalized spacial score (nSPS) is 11.1. The number of carbonyl (C=O) groups excluding carboxylic acids is 2. The van der Waals surface area contributed by atoms with Gasteiger partial charge in [-0.2, -0.15) is 13.2 Å². The van der Waals surface area contributed by atoms with E-state index in [0.717, 1.165) is 53.4 Å². The zero-order chi connectivity index (χ0) is 27.3. The third-order valence-electron chi connectivity index (χ3n) is 4.46. The number of hydrogen-bond acceptors (Lipinski definition) is 10. The van der Waals surface area contributed by atoms with Crippen LogP contribution in [0.4, 0.5) is 29.7 Å². The number of ether oxygens (including phenoxy) is 2. The molecular weight excluding hydrogens is 563 g/mol. The Kier molecular flexibility index (Phi) is 8.77. The summed E-state index contributed by atoms with van der Waals surface area (Å²) >= 11 is 7.64. The Balaban J connectivity index is 1.65. The second-order valence-electron chi connectivity index (χ2n) is 6.84. The molecule has 0 fully saturated rings. The lowest BCUT2D eigenvalue weighted by Gasteiger charge is -2.11. The predicted molar refractivity (Wildman–Crippen MR) is 130 cm³/mol. The largest absolute Gasteiger partial charge is 0.493 e. The van der Waals surface area contributed by atoms with Crippen molar-refractivity contribution < 1.29 is 37.2 Å². The molecule has 0 saturated heterocycles. The van der Waals surface area contributed by atoms with Crippen LogP contribution in [0.3, 0.4) is 0 Å². The minimum atomic E-state index is -4.61. The highest BCUT2D eigenvalue weighted by Gasteiger charge is 2.31. The fraction of sp³-hybridized carbons (Fsp3) is 0.200. The topological polar surface area (TPSA) is 146 Å². The number of anilines is 2. The summed E-state index contributed by atoms with van der Waals surface area (Å²) in [7, 11) is 2.59. The van der Waals surface area contributed by atoms with E-state index in [1.165, 1.54) is 14.2 Å². The molecule has 0 aliphatic rings. The van der Waals surface area contributed by atoms with Gasteiger partial charge in [-0.05, 0) is 18.2 Å². The number of thioether (sulfide) groups is 1. The SMILES string of the molecule is COc1cc(C(=O)Nc2nnc(SCC(=O)Nc3cc(C(F)(F)F)ccc3Cl)s2)c([N+](=O)[O-])cc1OC. The summed E-state index contributed by atoms with van der Waals surface area (Å²) in [6.07, 6.45) is -4.61. The minimum absolute atomic E-state index is 0.0158. The van der Waals surface area contributed by atoms with E-state index < -0.39 is 34.2 Å². The maximum atomic E-state index is 12.9. The summed E-state index contributed by atoms with van der Waals surface area (Å²) in [4.78, 5) is 35.6. The molecule has 0 unspecified atom stereocenters. The lowest BCUT2D eigenvalue weighted by molar-refractivity contribution is -0.385. The summed E-state index contributed by atoms with van der Waals surface area (Å²) in [5.41, 5.74) is -2.02. The van der Waals surface area contributed by atoms with Crippen molar-refractivity contribution in [1.82, 2.24) is 10.2 Å². The van der Waals surface area contributed by atoms with Gasteiger partial charge in [0.1, 0.15) is 5.56 Å². The quantitative estimate of drug-likeness (QED) is 0.153. The molecule has 2 amide bonds. The summed E-state index contributed by atoms with van der Waals surface area (Å²) < 4.78 is 49.0. The number of methoxy groups -OCH3 is 2. The number of nitro groups is 1. The van der Waals surface area contributed by atoms with Gasteiger partial charge in [-0.25, -0.2) is 0 Å². The molecule has 196 valence electrons. The second-order valence-corrected chi connectivity index (χ2v) is 9.45. The molecule has 37 heavy (non-hydrogen) atoms. The van der Waals surface area contributed by atoms with Crippen molar-refractivity contribution >= 4 is 63.0 Å². The van der Waals surface area contributed by atoms with Gasteiger partial charge in [-0.3, -0.25) is 25.0 Å². The average molecular weight is 578 g/mol. The van der Waals surface area contributed by atoms with E-state index >= 15 is 0 Å². The van der Waals surface area contributed by atoms with Crippen LogP contribution in [-0.2, 0) is 11.0 Å². The summed E-state index contributed by atoms with van der Waals surface area (Å²) in [6.45, 7) is 0. The summed E-state index contributed by atoms with van der Waals surface area (Å²) in [5.74, 6) is -1.62. The molecule has 3 aromatic rings. The van der Waals surface area contributed by atoms with Crippen molar-refractivity contribution in [3.8, 4) is 11.5 Å². The van der Waals surface area contributed by atoms with Crippen LogP contribution in [0.5, 0.6) is 11.5 Å². The Bertz CT molecular complexity index is 1350. The first-order valence-electron chi connectivity index (χ1n) is 9.77. The van der Waals surface area contributed by atoms with Gasteiger partial charge in [0.05, 0.1) is 47.2 Å². The van der Waals surface area contributed by atoms with Gasteiger partial charge in [0.15, 0.2) is 15.8 Å². The van der Waals surface area contributed by atoms with Crippen molar-refractivity contribution in [3.05, 3.63) is 56.6 Å². The standard InChI is InChI=1S/C20H15ClF3N5O6S2/c1-34-14-6-10(13(29(32)33)7-15(14)35-2)17(31)26-18-27-28-19(37-18)36-8-16(30)25-12-5-9(20(22,23)24)3-4-11(12)21/h3-7H,8H2,1-2H3,(H,25,30)(H,26,27,31). The third-order valence-corrected chi connectivity index (χ3v) is 6.77. The first-order valence-corrected chi connectivity index (χ1v) is 12.0. The van der Waals surface area contributed by atoms with Gasteiger partial charge < -0.3 is 14.8 Å². The Morgan fingerprint density at radius 2 is 1.81 bits per heavy atom. The maximum absolute atomic E-state index is 12.9. The van der Waals surface area contributed by atoms with Gasteiger partial charge in [0.2, 0.25) is 11.0 Å². The third kappa shape index (κ3) is 6.99. The number of halogens is 4. The van der Waals surface area contributed by atoms with Crippen molar-refractivity contribution in [1.29, 1.82) is 0 Å². The average Bonchev–Trinajstić information content (AvgIpc) is 3.29. The molecule has 2 aromatic carbocycles. The van der Waals surface area contributed by atoms with Gasteiger partial charge >= 0.3 is 6.18 Å². The number of nitrogens with one attached hydrogen (secondary N) is 2. The molecule has 0 spiro atoms. The first kappa shape index (κ1) is 27.9. The van der Waals surface area contributed by atoms with Crippen LogP contribution >= 0.6 is 34.7 Å². The molecule has 0 saturated carbocycles. The minimum Gasteiger partial charge on any atom is -0.493 e. The number of carbonyl (C=O) groups is 2. The van der Waals surface area contributed by atoms with Crippen LogP contribution in [0.15, 0.2) is 34.7 Å². The lowest BCUT2D eigenvalue weighted by Crippen LogP contribution is -2.15. The predicted octanol–water partition coefficient (Wildman–Crippen LogP) is 5.12. The van der Waals surface area contributed by atoms with E-state index in [1.807, 2.05) is 0 Å². The highest BCUT2D eigenvalue weighted by atomic mass is 35.5. The van der Waals surface area contributed by atoms with Gasteiger partial charge in [-0.1, -0.05) is 34.7 Å². The summed E-state index contributed by atoms with van der Waals surface area (Å²) in [6, 6.07) is 4.73. The highest BCUT2D eigenvalue weighted by Crippen LogP contribution is 2.36. The molecule has 0 aliphatic carbocycles. The number of aromatic nitrogens is 2. The van der Waals surface area contributed by atoms with Gasteiger partial charge in [0, 0.05) is 6.07 Å². The van der Waals surface area contributed by atoms with Crippen LogP contribution in [0, 0.1) is 10.1 Å². The van der Waals surface area contributed by atoms with E-state index in [4.69, 9.17) is 21.1 Å². The van der Waals surface area contributed by atoms with Crippen molar-refractivity contribution in [2.75, 3.05) is 30.6 Å². The number of benzene rings is 2. The monoisotopic (exact) mass is 577 g/mol. The van der Waals surface area contributed by atoms with Crippen LogP contribution in [0.1, 0.15) is 15.9 Å². The smallest absolute Gasteiger partial charge is 0.416 e. The molecule has 17 heteroatoms. The van der Waals surface area contributed by atoms with E-state index in [-0.39, 0.29) is 43.0 Å². The molecule has 2 N–H and O–H groups in total. The molecule has 1 heterocycles. The van der Waals surface area contributed by atoms with Crippen LogP contribution in [0.2, 0.25) is 5.02 Å². The van der Waals surface area contributed by atoms with E-state index in [9.17, 15) is 32.9 Å². The van der Waals surface area contributed by atoms with Crippen molar-refractivity contribution in [2.45, 2.75) is 10.5 Å². The zero-order valence-corrected chi connectivity index (χ0v) is 21.1. The number of alkyl halides is 3. The Morgan fingerprint density at radius 3 is 2.43 bits per heavy atom. The molecule has 0 atom stereocenters. The molecule has 3 rings (SSSR count). The Hall–Kier alpha value is -3.63. The van der Waals surface area contributed by atoms with Gasteiger partial charge in [-0.15, -0.1) is 10.2 Å². The zero-order valence-electron chi connectivity index (χ0n) is 18.7. The first-order chi connectivity index (χ1) is 17.4. The van der Waals surface area contributed by atoms with Gasteiger partial charge in [0.25, 0.3) is 11.6 Å². The number of nitrogens with zero attached hydrogens (tertiary/aromatic N) is 3. The number of hydrogen-bond donors (Lipinski definition) is 2. The fourth-order valence-corrected chi connectivity index (χ4v) is 4.51. The fourth-order valence-electron chi connectivity index (χ4n) is 2.80. The second kappa shape index (κ2) is 11.6. The highest BCUT2D eigenvalue weighted by molar-refractivity contribution is 8.01.